The molecule has 5 N–H and O–H groups in total. The van der Waals surface area contributed by atoms with E-state index >= 15 is 0 Å². The molecule has 0 spiro atoms. The number of ketones is 2. The van der Waals surface area contributed by atoms with Gasteiger partial charge in [-0.1, -0.05) is 66.2 Å². The van der Waals surface area contributed by atoms with Crippen molar-refractivity contribution in [3.05, 3.63) is 137 Å². The maximum Gasteiger partial charge on any atom is 0.157 e. The Morgan fingerprint density at radius 3 is 1.39 bits per heavy atom. The molecule has 7 nitrogen and oxygen atoms in total. The van der Waals surface area contributed by atoms with Crippen LogP contribution in [0.2, 0.25) is 0 Å². The summed E-state index contributed by atoms with van der Waals surface area (Å²) in [4.78, 5) is 23.6. The van der Waals surface area contributed by atoms with Gasteiger partial charge in [-0.25, -0.2) is 0 Å². The highest BCUT2D eigenvalue weighted by Gasteiger charge is 2.04. The predicted molar refractivity (Wildman–Crippen MR) is 180 cm³/mol. The second-order valence-electron chi connectivity index (χ2n) is 11.1. The molecule has 0 saturated carbocycles. The van der Waals surface area contributed by atoms with Gasteiger partial charge in [0.2, 0.25) is 0 Å². The Labute approximate surface area is 270 Å². The van der Waals surface area contributed by atoms with Crippen molar-refractivity contribution in [3.8, 4) is 28.7 Å². The number of rotatable bonds is 14. The fraction of sp³-hybridized carbons (Fsp3) is 0.231. The van der Waals surface area contributed by atoms with E-state index in [1.807, 2.05) is 24.3 Å². The van der Waals surface area contributed by atoms with Gasteiger partial charge >= 0.3 is 0 Å². The van der Waals surface area contributed by atoms with Crippen molar-refractivity contribution in [1.82, 2.24) is 0 Å². The van der Waals surface area contributed by atoms with Gasteiger partial charge in [0.1, 0.15) is 5.75 Å². The third kappa shape index (κ3) is 13.1. The van der Waals surface area contributed by atoms with E-state index < -0.39 is 0 Å². The molecule has 240 valence electrons. The van der Waals surface area contributed by atoms with Crippen LogP contribution in [0.1, 0.15) is 53.5 Å². The van der Waals surface area contributed by atoms with Crippen LogP contribution in [0.3, 0.4) is 0 Å². The van der Waals surface area contributed by atoms with E-state index in [1.54, 1.807) is 36.4 Å². The number of carbonyl (C=O) groups excluding carboxylic acids is 2. The second kappa shape index (κ2) is 18.5. The van der Waals surface area contributed by atoms with Crippen LogP contribution in [0.25, 0.3) is 0 Å². The van der Waals surface area contributed by atoms with Crippen molar-refractivity contribution >= 4 is 11.6 Å². The maximum absolute atomic E-state index is 11.8. The van der Waals surface area contributed by atoms with E-state index in [4.69, 9.17) is 0 Å². The molecule has 0 aliphatic rings. The fourth-order valence-electron chi connectivity index (χ4n) is 4.50. The molecular weight excluding hydrogens is 580 g/mol. The minimum absolute atomic E-state index is 0.0617. The number of carbonyl (C=O) groups is 2. The summed E-state index contributed by atoms with van der Waals surface area (Å²) >= 11 is 0. The van der Waals surface area contributed by atoms with Crippen molar-refractivity contribution in [2.45, 2.75) is 58.3 Å². The van der Waals surface area contributed by atoms with Gasteiger partial charge in [-0.15, -0.1) is 0 Å². The van der Waals surface area contributed by atoms with Gasteiger partial charge in [0.05, 0.1) is 0 Å². The summed E-state index contributed by atoms with van der Waals surface area (Å²) in [6.45, 7) is 2.07. The molecule has 0 unspecified atom stereocenters. The molecule has 0 bridgehead atoms. The summed E-state index contributed by atoms with van der Waals surface area (Å²) < 4.78 is 0. The molecule has 0 aliphatic carbocycles. The van der Waals surface area contributed by atoms with E-state index in [9.17, 15) is 35.1 Å². The number of allylic oxidation sites excluding steroid dienone is 4. The minimum Gasteiger partial charge on any atom is -0.508 e. The Kier molecular flexibility index (Phi) is 14.1. The maximum atomic E-state index is 11.8. The lowest BCUT2D eigenvalue weighted by atomic mass is 10.1. The number of phenolic OH excluding ortho intramolecular Hbond substituents is 5. The normalized spacial score (nSPS) is 11.0. The number of hydrogen-bond acceptors (Lipinski definition) is 7. The average Bonchev–Trinajstić information content (AvgIpc) is 3.04. The molecule has 0 atom stereocenters. The Hall–Kier alpha value is -5.30. The van der Waals surface area contributed by atoms with Crippen molar-refractivity contribution in [3.63, 3.8) is 0 Å². The first-order chi connectivity index (χ1) is 22.1. The van der Waals surface area contributed by atoms with Crippen LogP contribution in [-0.2, 0) is 35.3 Å². The lowest BCUT2D eigenvalue weighted by Gasteiger charge is -2.02. The van der Waals surface area contributed by atoms with Crippen LogP contribution in [0.4, 0.5) is 0 Å². The molecule has 7 heteroatoms. The Balaban J connectivity index is 0.000000250. The summed E-state index contributed by atoms with van der Waals surface area (Å²) in [6, 6.07) is 24.6. The quantitative estimate of drug-likeness (QED) is 0.0722. The number of phenols is 5. The highest BCUT2D eigenvalue weighted by molar-refractivity contribution is 5.90. The number of aryl methyl sites for hydroxylation is 5. The highest BCUT2D eigenvalue weighted by Crippen LogP contribution is 2.26. The summed E-state index contributed by atoms with van der Waals surface area (Å²) in [5.74, 6) is -0.196. The molecular formula is C39H42O7. The van der Waals surface area contributed by atoms with Crippen molar-refractivity contribution in [1.29, 1.82) is 0 Å². The lowest BCUT2D eigenvalue weighted by molar-refractivity contribution is -0.115. The molecule has 0 amide bonds. The Morgan fingerprint density at radius 2 is 0.891 bits per heavy atom. The van der Waals surface area contributed by atoms with Gasteiger partial charge < -0.3 is 25.5 Å². The van der Waals surface area contributed by atoms with Gasteiger partial charge in [0.15, 0.2) is 34.6 Å². The summed E-state index contributed by atoms with van der Waals surface area (Å²) in [6.07, 6.45) is 12.1. The van der Waals surface area contributed by atoms with E-state index in [2.05, 4.69) is 31.2 Å². The molecule has 4 rings (SSSR count). The number of aromatic hydroxyl groups is 5. The zero-order valence-corrected chi connectivity index (χ0v) is 26.1. The first-order valence-electron chi connectivity index (χ1n) is 15.3. The van der Waals surface area contributed by atoms with E-state index in [0.29, 0.717) is 38.5 Å². The van der Waals surface area contributed by atoms with Crippen LogP contribution in [-0.4, -0.2) is 37.1 Å². The lowest BCUT2D eigenvalue weighted by Crippen LogP contribution is -1.96. The first-order valence-corrected chi connectivity index (χ1v) is 15.3. The van der Waals surface area contributed by atoms with Gasteiger partial charge in [-0.3, -0.25) is 9.59 Å². The summed E-state index contributed by atoms with van der Waals surface area (Å²) in [7, 11) is 0. The van der Waals surface area contributed by atoms with Crippen molar-refractivity contribution in [2.24, 2.45) is 0 Å². The summed E-state index contributed by atoms with van der Waals surface area (Å²) in [5, 5.41) is 46.5. The van der Waals surface area contributed by atoms with Gasteiger partial charge in [-0.2, -0.15) is 0 Å². The topological polar surface area (TPSA) is 135 Å². The molecule has 0 fully saturated rings. The van der Waals surface area contributed by atoms with Crippen LogP contribution in [0, 0.1) is 6.92 Å². The first kappa shape index (κ1) is 35.2. The molecule has 4 aromatic carbocycles. The summed E-state index contributed by atoms with van der Waals surface area (Å²) in [5.41, 5.74) is 5.28. The molecule has 0 aliphatic heterocycles. The third-order valence-corrected chi connectivity index (χ3v) is 7.26. The van der Waals surface area contributed by atoms with Crippen LogP contribution in [0.5, 0.6) is 28.7 Å². The number of hydrogen-bond donors (Lipinski definition) is 5. The fourth-order valence-corrected chi connectivity index (χ4v) is 4.50. The SMILES string of the molecule is Cc1ccc(CC/C=C/C(=O)CCc2ccc(O)c(O)c2)cc1.O=C(/C=C/CCc1ccc(O)c(O)c1)CCc1ccc(O)cc1. The van der Waals surface area contributed by atoms with Gasteiger partial charge in [0, 0.05) is 12.8 Å². The number of benzene rings is 4. The monoisotopic (exact) mass is 622 g/mol. The molecule has 46 heavy (non-hydrogen) atoms. The van der Waals surface area contributed by atoms with E-state index in [0.717, 1.165) is 29.5 Å². The molecule has 4 aromatic rings. The van der Waals surface area contributed by atoms with Crippen LogP contribution >= 0.6 is 0 Å². The zero-order valence-electron chi connectivity index (χ0n) is 26.1. The highest BCUT2D eigenvalue weighted by atomic mass is 16.3. The molecule has 0 aromatic heterocycles. The molecule has 0 radical (unpaired) electrons. The largest absolute Gasteiger partial charge is 0.508 e. The predicted octanol–water partition coefficient (Wildman–Crippen LogP) is 7.59. The zero-order chi connectivity index (χ0) is 33.3. The van der Waals surface area contributed by atoms with Crippen LogP contribution < -0.4 is 0 Å². The van der Waals surface area contributed by atoms with E-state index in [-0.39, 0.29) is 40.3 Å². The Morgan fingerprint density at radius 1 is 0.500 bits per heavy atom. The van der Waals surface area contributed by atoms with Gasteiger partial charge in [0.25, 0.3) is 0 Å². The molecule has 0 saturated heterocycles. The molecule has 0 heterocycles. The van der Waals surface area contributed by atoms with Gasteiger partial charge in [-0.05, 0) is 116 Å². The van der Waals surface area contributed by atoms with E-state index in [1.165, 1.54) is 35.4 Å². The van der Waals surface area contributed by atoms with Crippen molar-refractivity contribution < 1.29 is 35.1 Å². The van der Waals surface area contributed by atoms with Crippen LogP contribution in [0.15, 0.2) is 109 Å². The minimum atomic E-state index is -0.149. The average molecular weight is 623 g/mol. The third-order valence-electron chi connectivity index (χ3n) is 7.26. The smallest absolute Gasteiger partial charge is 0.157 e. The Bertz CT molecular complexity index is 1620. The van der Waals surface area contributed by atoms with Crippen molar-refractivity contribution in [2.75, 3.05) is 0 Å². The standard InChI is InChI=1S/C20H22O3.C19H20O4/c1-15-6-8-16(9-7-15)4-2-3-5-18(21)12-10-17-11-13-19(22)20(23)14-17;20-16(9-5-14-6-10-17(21)11-7-14)4-2-1-3-15-8-12-18(22)19(23)13-15/h3,5-9,11,13-14,22-23H,2,4,10,12H2,1H3;2,4,6-8,10-13,21-23H,1,3,5,9H2/b5-3+;4-2+. The second-order valence-corrected chi connectivity index (χ2v) is 11.1.